The molecule has 0 aliphatic rings. The predicted molar refractivity (Wildman–Crippen MR) is 37.2 cm³/mol. The number of hydrogen-bond acceptors (Lipinski definition) is 3. The van der Waals surface area contributed by atoms with Crippen molar-refractivity contribution < 1.29 is 9.59 Å². The Hall–Kier alpha value is -1.57. The zero-order valence-corrected chi connectivity index (χ0v) is 6.20. The number of nitrogens with zero attached hydrogens (tertiary/aromatic N) is 2. The van der Waals surface area contributed by atoms with E-state index >= 15 is 0 Å². The first-order valence-corrected chi connectivity index (χ1v) is 3.10. The molecule has 5 heteroatoms. The molecule has 5 nitrogen and oxygen atoms in total. The summed E-state index contributed by atoms with van der Waals surface area (Å²) in [6.45, 7) is 1.82. The highest BCUT2D eigenvalue weighted by atomic mass is 16.2. The Labute approximate surface area is 64.4 Å². The fraction of sp³-hybridized carbons (Fsp3) is 0.500. The highest BCUT2D eigenvalue weighted by Crippen LogP contribution is 1.91. The molecule has 0 spiro atoms. The van der Waals surface area contributed by atoms with E-state index in [1.54, 1.807) is 13.0 Å². The topological polar surface area (TPSA) is 87.2 Å². The van der Waals surface area contributed by atoms with Crippen LogP contribution in [0, 0.1) is 11.3 Å². The van der Waals surface area contributed by atoms with Gasteiger partial charge in [0.05, 0.1) is 6.07 Å². The van der Waals surface area contributed by atoms with Gasteiger partial charge in [-0.1, -0.05) is 0 Å². The minimum absolute atomic E-state index is 0.204. The Morgan fingerprint density at radius 1 is 1.64 bits per heavy atom. The van der Waals surface area contributed by atoms with E-state index in [0.717, 1.165) is 4.90 Å². The summed E-state index contributed by atoms with van der Waals surface area (Å²) >= 11 is 0. The highest BCUT2D eigenvalue weighted by molar-refractivity contribution is 5.94. The van der Waals surface area contributed by atoms with E-state index in [4.69, 9.17) is 11.0 Å². The van der Waals surface area contributed by atoms with Crippen molar-refractivity contribution in [2.45, 2.75) is 13.3 Å². The summed E-state index contributed by atoms with van der Waals surface area (Å²) in [7, 11) is 0. The van der Waals surface area contributed by atoms with Crippen LogP contribution in [0.25, 0.3) is 0 Å². The van der Waals surface area contributed by atoms with Crippen LogP contribution in [0.2, 0.25) is 0 Å². The minimum Gasteiger partial charge on any atom is -0.351 e. The van der Waals surface area contributed by atoms with Crippen molar-refractivity contribution in [3.8, 4) is 6.07 Å². The van der Waals surface area contributed by atoms with E-state index in [2.05, 4.69) is 0 Å². The number of nitriles is 1. The minimum atomic E-state index is -0.812. The van der Waals surface area contributed by atoms with Crippen LogP contribution in [0.15, 0.2) is 0 Å². The maximum atomic E-state index is 10.8. The third-order valence-corrected chi connectivity index (χ3v) is 1.11. The molecule has 0 aromatic heterocycles. The van der Waals surface area contributed by atoms with Gasteiger partial charge in [-0.05, 0) is 6.92 Å². The van der Waals surface area contributed by atoms with Crippen LogP contribution in [0.5, 0.6) is 0 Å². The Kier molecular flexibility index (Phi) is 3.67. The Balaban J connectivity index is 4.17. The molecule has 0 aromatic rings. The largest absolute Gasteiger partial charge is 0.351 e. The molecule has 0 radical (unpaired) electrons. The number of hydrogen-bond donors (Lipinski definition) is 1. The molecule has 0 atom stereocenters. The number of amides is 3. The van der Waals surface area contributed by atoms with Gasteiger partial charge in [0.25, 0.3) is 0 Å². The second kappa shape index (κ2) is 4.28. The highest BCUT2D eigenvalue weighted by Gasteiger charge is 2.15. The number of carbonyl (C=O) groups is 2. The van der Waals surface area contributed by atoms with Gasteiger partial charge in [0.2, 0.25) is 5.91 Å². The molecule has 0 fully saturated rings. The molecule has 0 aromatic carbocycles. The first-order chi connectivity index (χ1) is 5.13. The number of imide groups is 1. The number of rotatable bonds is 2. The molecular formula is C6H9N3O2. The van der Waals surface area contributed by atoms with Crippen LogP contribution in [0.3, 0.4) is 0 Å². The second-order valence-corrected chi connectivity index (χ2v) is 1.81. The van der Waals surface area contributed by atoms with Crippen LogP contribution in [0.4, 0.5) is 4.79 Å². The molecule has 60 valence electrons. The molecule has 0 saturated heterocycles. The van der Waals surface area contributed by atoms with Crippen molar-refractivity contribution in [1.82, 2.24) is 4.90 Å². The number of carbonyl (C=O) groups excluding carboxylic acids is 2. The van der Waals surface area contributed by atoms with E-state index in [9.17, 15) is 9.59 Å². The van der Waals surface area contributed by atoms with Gasteiger partial charge in [-0.3, -0.25) is 9.69 Å². The summed E-state index contributed by atoms with van der Waals surface area (Å²) in [5, 5.41) is 8.11. The van der Waals surface area contributed by atoms with E-state index in [0.29, 0.717) is 0 Å². The first-order valence-electron chi connectivity index (χ1n) is 3.10. The van der Waals surface area contributed by atoms with E-state index in [1.165, 1.54) is 0 Å². The lowest BCUT2D eigenvalue weighted by Crippen LogP contribution is -2.40. The molecule has 0 aliphatic carbocycles. The molecule has 3 amide bonds. The fourth-order valence-corrected chi connectivity index (χ4v) is 0.618. The monoisotopic (exact) mass is 155 g/mol. The molecule has 0 rings (SSSR count). The Morgan fingerprint density at radius 2 is 2.18 bits per heavy atom. The van der Waals surface area contributed by atoms with Crippen LogP contribution in [0.1, 0.15) is 13.3 Å². The summed E-state index contributed by atoms with van der Waals surface area (Å²) in [4.78, 5) is 22.1. The predicted octanol–water partition coefficient (Wildman–Crippen LogP) is -0.173. The molecule has 0 heterocycles. The lowest BCUT2D eigenvalue weighted by atomic mass is 10.4. The third kappa shape index (κ3) is 2.67. The van der Waals surface area contributed by atoms with Gasteiger partial charge in [0, 0.05) is 6.54 Å². The van der Waals surface area contributed by atoms with E-state index < -0.39 is 11.9 Å². The van der Waals surface area contributed by atoms with Crippen LogP contribution >= 0.6 is 0 Å². The standard InChI is InChI=1S/C6H9N3O2/c1-2-9(6(8)11)5(10)3-4-7/h2-3H2,1H3,(H2,8,11). The average Bonchev–Trinajstić information content (AvgIpc) is 1.88. The first kappa shape index (κ1) is 9.43. The smallest absolute Gasteiger partial charge is 0.321 e. The summed E-state index contributed by atoms with van der Waals surface area (Å²) in [6, 6.07) is 0.826. The summed E-state index contributed by atoms with van der Waals surface area (Å²) in [6.07, 6.45) is -0.309. The zero-order valence-electron chi connectivity index (χ0n) is 6.20. The van der Waals surface area contributed by atoms with Gasteiger partial charge < -0.3 is 5.73 Å². The molecule has 0 unspecified atom stereocenters. The lowest BCUT2D eigenvalue weighted by Gasteiger charge is -2.13. The van der Waals surface area contributed by atoms with Crippen molar-refractivity contribution in [2.75, 3.05) is 6.54 Å². The molecule has 11 heavy (non-hydrogen) atoms. The Bertz CT molecular complexity index is 206. The van der Waals surface area contributed by atoms with Crippen LogP contribution < -0.4 is 5.73 Å². The second-order valence-electron chi connectivity index (χ2n) is 1.81. The SMILES string of the molecule is CCN(C(N)=O)C(=O)CC#N. The van der Waals surface area contributed by atoms with Gasteiger partial charge in [0.15, 0.2) is 0 Å². The van der Waals surface area contributed by atoms with Crippen molar-refractivity contribution >= 4 is 11.9 Å². The molecule has 0 saturated carbocycles. The van der Waals surface area contributed by atoms with Gasteiger partial charge >= 0.3 is 6.03 Å². The Morgan fingerprint density at radius 3 is 2.45 bits per heavy atom. The number of nitrogens with two attached hydrogens (primary N) is 1. The lowest BCUT2D eigenvalue weighted by molar-refractivity contribution is -0.126. The van der Waals surface area contributed by atoms with Crippen LogP contribution in [-0.2, 0) is 4.79 Å². The fourth-order valence-electron chi connectivity index (χ4n) is 0.618. The molecule has 0 aliphatic heterocycles. The van der Waals surface area contributed by atoms with Gasteiger partial charge in [-0.15, -0.1) is 0 Å². The van der Waals surface area contributed by atoms with E-state index in [-0.39, 0.29) is 13.0 Å². The number of urea groups is 1. The quantitative estimate of drug-likeness (QED) is 0.600. The normalized spacial score (nSPS) is 8.36. The molecule has 0 bridgehead atoms. The van der Waals surface area contributed by atoms with Crippen molar-refractivity contribution in [3.63, 3.8) is 0 Å². The number of primary amides is 1. The van der Waals surface area contributed by atoms with Crippen molar-refractivity contribution in [1.29, 1.82) is 5.26 Å². The van der Waals surface area contributed by atoms with Crippen molar-refractivity contribution in [3.05, 3.63) is 0 Å². The maximum absolute atomic E-state index is 10.8. The zero-order chi connectivity index (χ0) is 8.85. The summed E-state index contributed by atoms with van der Waals surface area (Å²) in [5.41, 5.74) is 4.84. The third-order valence-electron chi connectivity index (χ3n) is 1.11. The summed E-state index contributed by atoms with van der Waals surface area (Å²) < 4.78 is 0. The molecule has 2 N–H and O–H groups in total. The van der Waals surface area contributed by atoms with E-state index in [1.807, 2.05) is 0 Å². The maximum Gasteiger partial charge on any atom is 0.321 e. The van der Waals surface area contributed by atoms with Gasteiger partial charge in [-0.2, -0.15) is 5.26 Å². The average molecular weight is 155 g/mol. The summed E-state index contributed by atoms with van der Waals surface area (Å²) in [5.74, 6) is -0.553. The molecular weight excluding hydrogens is 146 g/mol. The van der Waals surface area contributed by atoms with Gasteiger partial charge in [-0.25, -0.2) is 4.79 Å². The van der Waals surface area contributed by atoms with Gasteiger partial charge in [0.1, 0.15) is 6.42 Å². The van der Waals surface area contributed by atoms with Crippen LogP contribution in [-0.4, -0.2) is 23.4 Å². The van der Waals surface area contributed by atoms with Crippen molar-refractivity contribution in [2.24, 2.45) is 5.73 Å².